The van der Waals surface area contributed by atoms with E-state index in [-0.39, 0.29) is 18.4 Å². The van der Waals surface area contributed by atoms with Crippen molar-refractivity contribution in [2.45, 2.75) is 33.8 Å². The highest BCUT2D eigenvalue weighted by molar-refractivity contribution is 6.30. The molecule has 0 unspecified atom stereocenters. The number of amides is 2. The van der Waals surface area contributed by atoms with Gasteiger partial charge in [-0.3, -0.25) is 9.59 Å². The van der Waals surface area contributed by atoms with E-state index in [0.29, 0.717) is 27.9 Å². The quantitative estimate of drug-likeness (QED) is 0.576. The van der Waals surface area contributed by atoms with Crippen LogP contribution in [0.2, 0.25) is 5.02 Å². The van der Waals surface area contributed by atoms with Crippen LogP contribution in [0.4, 0.5) is 5.69 Å². The van der Waals surface area contributed by atoms with E-state index in [4.69, 9.17) is 21.1 Å². The number of halogens is 1. The molecule has 152 valence electrons. The summed E-state index contributed by atoms with van der Waals surface area (Å²) >= 11 is 6.03. The van der Waals surface area contributed by atoms with Crippen LogP contribution in [0.1, 0.15) is 30.5 Å². The van der Waals surface area contributed by atoms with Gasteiger partial charge >= 0.3 is 0 Å². The number of ether oxygens (including phenoxy) is 2. The molecule has 0 radical (unpaired) electrons. The number of hydrogen-bond acceptors (Lipinski definition) is 5. The molecule has 3 rings (SSSR count). The van der Waals surface area contributed by atoms with Gasteiger partial charge in [-0.25, -0.2) is 5.43 Å². The largest absolute Gasteiger partial charge is 0.482 e. The number of benzene rings is 2. The maximum absolute atomic E-state index is 12.4. The number of carbonyl (C=O) groups is 2. The maximum atomic E-state index is 12.4. The summed E-state index contributed by atoms with van der Waals surface area (Å²) in [6, 6.07) is 8.88. The summed E-state index contributed by atoms with van der Waals surface area (Å²) in [5.41, 5.74) is 6.12. The lowest BCUT2D eigenvalue weighted by Gasteiger charge is -2.19. The Hall–Kier alpha value is -3.06. The highest BCUT2D eigenvalue weighted by Gasteiger charge is 2.18. The molecule has 0 aromatic heterocycles. The zero-order valence-electron chi connectivity index (χ0n) is 16.6. The number of rotatable bonds is 5. The first kappa shape index (κ1) is 20.7. The summed E-state index contributed by atoms with van der Waals surface area (Å²) in [6.07, 6.45) is -0.749. The highest BCUT2D eigenvalue weighted by Crippen LogP contribution is 2.29. The van der Waals surface area contributed by atoms with Gasteiger partial charge in [-0.2, -0.15) is 5.10 Å². The fraction of sp³-hybridized carbons (Fsp3) is 0.286. The lowest BCUT2D eigenvalue weighted by molar-refractivity contribution is -0.127. The smallest absolute Gasteiger partial charge is 0.280 e. The number of nitrogens with zero attached hydrogens (tertiary/aromatic N) is 1. The van der Waals surface area contributed by atoms with Crippen LogP contribution in [-0.2, 0) is 9.59 Å². The molecule has 2 aromatic rings. The van der Waals surface area contributed by atoms with Gasteiger partial charge in [-0.05, 0) is 74.7 Å². The second kappa shape index (κ2) is 8.53. The van der Waals surface area contributed by atoms with E-state index < -0.39 is 6.10 Å². The van der Waals surface area contributed by atoms with Crippen LogP contribution in [0.5, 0.6) is 11.5 Å². The zero-order valence-corrected chi connectivity index (χ0v) is 17.4. The summed E-state index contributed by atoms with van der Waals surface area (Å²) in [5, 5.41) is 7.51. The van der Waals surface area contributed by atoms with Crippen LogP contribution in [0, 0.1) is 13.8 Å². The summed E-state index contributed by atoms with van der Waals surface area (Å²) < 4.78 is 11.1. The van der Waals surface area contributed by atoms with Gasteiger partial charge in [0.05, 0.1) is 11.4 Å². The predicted molar refractivity (Wildman–Crippen MR) is 112 cm³/mol. The van der Waals surface area contributed by atoms with E-state index in [1.165, 1.54) is 0 Å². The number of anilines is 1. The third-order valence-electron chi connectivity index (χ3n) is 4.45. The molecule has 1 aliphatic rings. The van der Waals surface area contributed by atoms with Crippen LogP contribution in [0.25, 0.3) is 0 Å². The fourth-order valence-corrected chi connectivity index (χ4v) is 3.24. The standard InChI is InChI=1S/C21H22ClN3O4/c1-11-7-16(22)8-12(2)20(11)29-14(4)21(27)25-24-13(3)15-5-6-18-17(9-15)23-19(26)10-28-18/h5-9,14H,10H2,1-4H3,(H,23,26)(H,25,27)/b24-13-/t14-/m1/s1. The van der Waals surface area contributed by atoms with E-state index in [1.54, 1.807) is 38.1 Å². The molecular weight excluding hydrogens is 394 g/mol. The summed E-state index contributed by atoms with van der Waals surface area (Å²) in [6.45, 7) is 7.16. The first-order valence-corrected chi connectivity index (χ1v) is 9.47. The van der Waals surface area contributed by atoms with E-state index in [9.17, 15) is 9.59 Å². The molecule has 7 nitrogen and oxygen atoms in total. The molecule has 0 bridgehead atoms. The van der Waals surface area contributed by atoms with Crippen molar-refractivity contribution in [2.24, 2.45) is 5.10 Å². The number of aryl methyl sites for hydroxylation is 2. The molecule has 0 spiro atoms. The topological polar surface area (TPSA) is 89.0 Å². The summed E-state index contributed by atoms with van der Waals surface area (Å²) in [4.78, 5) is 23.9. The predicted octanol–water partition coefficient (Wildman–Crippen LogP) is 3.60. The maximum Gasteiger partial charge on any atom is 0.280 e. The van der Waals surface area contributed by atoms with Crippen molar-refractivity contribution in [2.75, 3.05) is 11.9 Å². The Morgan fingerprint density at radius 2 is 1.97 bits per heavy atom. The highest BCUT2D eigenvalue weighted by atomic mass is 35.5. The molecule has 2 N–H and O–H groups in total. The van der Waals surface area contributed by atoms with Gasteiger partial charge in [0, 0.05) is 5.02 Å². The first-order chi connectivity index (χ1) is 13.7. The van der Waals surface area contributed by atoms with E-state index in [0.717, 1.165) is 16.7 Å². The number of nitrogens with one attached hydrogen (secondary N) is 2. The van der Waals surface area contributed by atoms with Crippen molar-refractivity contribution < 1.29 is 19.1 Å². The van der Waals surface area contributed by atoms with Gasteiger partial charge in [0.1, 0.15) is 11.5 Å². The van der Waals surface area contributed by atoms with Crippen molar-refractivity contribution in [3.8, 4) is 11.5 Å². The van der Waals surface area contributed by atoms with Crippen molar-refractivity contribution in [1.29, 1.82) is 0 Å². The molecule has 0 fully saturated rings. The molecule has 8 heteroatoms. The Kier molecular flexibility index (Phi) is 6.08. The van der Waals surface area contributed by atoms with Crippen LogP contribution in [0.15, 0.2) is 35.4 Å². The SMILES string of the molecule is C/C(=N/NC(=O)[C@@H](C)Oc1c(C)cc(Cl)cc1C)c1ccc2c(c1)NC(=O)CO2. The fourth-order valence-electron chi connectivity index (χ4n) is 2.92. The number of hydrazone groups is 1. The normalized spacial score (nSPS) is 14.4. The Bertz CT molecular complexity index is 980. The van der Waals surface area contributed by atoms with E-state index in [2.05, 4.69) is 15.8 Å². The molecule has 1 heterocycles. The monoisotopic (exact) mass is 415 g/mol. The average molecular weight is 416 g/mol. The van der Waals surface area contributed by atoms with Crippen LogP contribution < -0.4 is 20.2 Å². The average Bonchev–Trinajstić information content (AvgIpc) is 2.67. The van der Waals surface area contributed by atoms with Gasteiger partial charge < -0.3 is 14.8 Å². The molecule has 0 saturated heterocycles. The summed E-state index contributed by atoms with van der Waals surface area (Å²) in [5.74, 6) is 0.632. The van der Waals surface area contributed by atoms with Crippen molar-refractivity contribution in [3.63, 3.8) is 0 Å². The molecule has 29 heavy (non-hydrogen) atoms. The zero-order chi connectivity index (χ0) is 21.1. The van der Waals surface area contributed by atoms with Gasteiger partial charge in [0.25, 0.3) is 11.8 Å². The van der Waals surface area contributed by atoms with E-state index >= 15 is 0 Å². The van der Waals surface area contributed by atoms with Crippen LogP contribution in [0.3, 0.4) is 0 Å². The second-order valence-corrected chi connectivity index (χ2v) is 7.29. The van der Waals surface area contributed by atoms with E-state index in [1.807, 2.05) is 19.9 Å². The van der Waals surface area contributed by atoms with Crippen molar-refractivity contribution in [1.82, 2.24) is 5.43 Å². The molecule has 2 aromatic carbocycles. The molecule has 0 saturated carbocycles. The van der Waals surface area contributed by atoms with Gasteiger partial charge in [0.15, 0.2) is 12.7 Å². The summed E-state index contributed by atoms with van der Waals surface area (Å²) in [7, 11) is 0. The molecular formula is C21H22ClN3O4. The third kappa shape index (κ3) is 4.86. The van der Waals surface area contributed by atoms with Crippen LogP contribution >= 0.6 is 11.6 Å². The van der Waals surface area contributed by atoms with Crippen molar-refractivity contribution >= 4 is 34.8 Å². The Morgan fingerprint density at radius 3 is 2.66 bits per heavy atom. The third-order valence-corrected chi connectivity index (χ3v) is 4.67. The van der Waals surface area contributed by atoms with Gasteiger partial charge in [-0.1, -0.05) is 11.6 Å². The Labute approximate surface area is 174 Å². The number of carbonyl (C=O) groups excluding carboxylic acids is 2. The minimum Gasteiger partial charge on any atom is -0.482 e. The van der Waals surface area contributed by atoms with Crippen molar-refractivity contribution in [3.05, 3.63) is 52.0 Å². The second-order valence-electron chi connectivity index (χ2n) is 6.85. The minimum atomic E-state index is -0.749. The lowest BCUT2D eigenvalue weighted by Crippen LogP contribution is -2.34. The van der Waals surface area contributed by atoms with Gasteiger partial charge in [0.2, 0.25) is 0 Å². The Balaban J connectivity index is 1.67. The van der Waals surface area contributed by atoms with Gasteiger partial charge in [-0.15, -0.1) is 0 Å². The number of hydrogen-bond donors (Lipinski definition) is 2. The molecule has 2 amide bonds. The van der Waals surface area contributed by atoms with Crippen LogP contribution in [-0.4, -0.2) is 30.2 Å². The first-order valence-electron chi connectivity index (χ1n) is 9.09. The lowest BCUT2D eigenvalue weighted by atomic mass is 10.1. The molecule has 1 atom stereocenters. The molecule has 0 aliphatic carbocycles. The molecule has 1 aliphatic heterocycles. The number of fused-ring (bicyclic) bond motifs is 1. The Morgan fingerprint density at radius 1 is 1.28 bits per heavy atom. The minimum absolute atomic E-state index is 0.0000674.